The molecular formula is C13H13N3O3. The van der Waals surface area contributed by atoms with Crippen LogP contribution in [0.15, 0.2) is 36.5 Å². The van der Waals surface area contributed by atoms with Gasteiger partial charge in [0, 0.05) is 25.4 Å². The summed E-state index contributed by atoms with van der Waals surface area (Å²) >= 11 is 0. The first-order valence-corrected chi connectivity index (χ1v) is 5.67. The molecule has 0 aliphatic heterocycles. The molecule has 0 aliphatic rings. The number of benzene rings is 1. The van der Waals surface area contributed by atoms with Gasteiger partial charge < -0.3 is 10.1 Å². The second-order valence-corrected chi connectivity index (χ2v) is 3.96. The van der Waals surface area contributed by atoms with Gasteiger partial charge in [-0.15, -0.1) is 0 Å². The van der Waals surface area contributed by atoms with Crippen molar-refractivity contribution in [3.63, 3.8) is 0 Å². The van der Waals surface area contributed by atoms with Crippen LogP contribution in [0.1, 0.15) is 5.56 Å². The van der Waals surface area contributed by atoms with E-state index in [9.17, 15) is 10.1 Å². The maximum Gasteiger partial charge on any atom is 0.311 e. The minimum atomic E-state index is -0.463. The third-order valence-electron chi connectivity index (χ3n) is 2.53. The van der Waals surface area contributed by atoms with E-state index in [0.29, 0.717) is 11.6 Å². The summed E-state index contributed by atoms with van der Waals surface area (Å²) in [5.74, 6) is 1.35. The topological polar surface area (TPSA) is 77.3 Å². The monoisotopic (exact) mass is 259 g/mol. The number of nitro benzene ring substituents is 1. The fourth-order valence-electron chi connectivity index (χ4n) is 1.59. The van der Waals surface area contributed by atoms with Crippen molar-refractivity contribution in [1.82, 2.24) is 4.98 Å². The zero-order chi connectivity index (χ0) is 13.8. The summed E-state index contributed by atoms with van der Waals surface area (Å²) in [4.78, 5) is 14.5. The molecule has 0 fully saturated rings. The van der Waals surface area contributed by atoms with Gasteiger partial charge in [-0.3, -0.25) is 10.1 Å². The van der Waals surface area contributed by atoms with E-state index < -0.39 is 4.92 Å². The van der Waals surface area contributed by atoms with Crippen LogP contribution in [0.3, 0.4) is 0 Å². The second-order valence-electron chi connectivity index (χ2n) is 3.96. The van der Waals surface area contributed by atoms with E-state index in [0.717, 1.165) is 5.56 Å². The number of hydrogen-bond donors (Lipinski definition) is 1. The molecule has 0 bridgehead atoms. The van der Waals surface area contributed by atoms with Crippen molar-refractivity contribution in [2.24, 2.45) is 0 Å². The molecule has 2 aromatic rings. The maximum atomic E-state index is 10.9. The second kappa shape index (κ2) is 5.34. The summed E-state index contributed by atoms with van der Waals surface area (Å²) < 4.78 is 5.57. The molecule has 0 atom stereocenters. The first kappa shape index (κ1) is 12.8. The van der Waals surface area contributed by atoms with Crippen LogP contribution in [-0.4, -0.2) is 17.0 Å². The van der Waals surface area contributed by atoms with E-state index in [-0.39, 0.29) is 11.4 Å². The molecule has 1 aromatic carbocycles. The average molecular weight is 259 g/mol. The molecule has 0 saturated heterocycles. The van der Waals surface area contributed by atoms with Crippen molar-refractivity contribution in [2.75, 3.05) is 12.4 Å². The zero-order valence-corrected chi connectivity index (χ0v) is 10.6. The minimum absolute atomic E-state index is 0.0616. The predicted molar refractivity (Wildman–Crippen MR) is 71.7 cm³/mol. The van der Waals surface area contributed by atoms with Gasteiger partial charge in [0.15, 0.2) is 0 Å². The van der Waals surface area contributed by atoms with Gasteiger partial charge in [0.1, 0.15) is 11.6 Å². The van der Waals surface area contributed by atoms with Crippen LogP contribution < -0.4 is 10.1 Å². The predicted octanol–water partition coefficient (Wildman–Crippen LogP) is 3.13. The number of aromatic nitrogens is 1. The quantitative estimate of drug-likeness (QED) is 0.674. The van der Waals surface area contributed by atoms with Crippen LogP contribution in [0, 0.1) is 17.0 Å². The van der Waals surface area contributed by atoms with E-state index in [2.05, 4.69) is 10.3 Å². The van der Waals surface area contributed by atoms with Gasteiger partial charge in [-0.2, -0.15) is 0 Å². The normalized spacial score (nSPS) is 10.0. The summed E-state index contributed by atoms with van der Waals surface area (Å²) in [5.41, 5.74) is 0.830. The molecular weight excluding hydrogens is 246 g/mol. The van der Waals surface area contributed by atoms with Gasteiger partial charge >= 0.3 is 5.69 Å². The molecule has 6 nitrogen and oxygen atoms in total. The van der Waals surface area contributed by atoms with Crippen LogP contribution in [0.2, 0.25) is 0 Å². The summed E-state index contributed by atoms with van der Waals surface area (Å²) in [6, 6.07) is 8.07. The fourth-order valence-corrected chi connectivity index (χ4v) is 1.59. The lowest BCUT2D eigenvalue weighted by atomic mass is 10.2. The standard InChI is InChI=1S/C13H13N3O3/c1-9-3-4-11(16(17)18)12(7-9)19-10-5-6-15-13(8-10)14-2/h3-8H,1-2H3,(H,14,15). The zero-order valence-electron chi connectivity index (χ0n) is 10.6. The van der Waals surface area contributed by atoms with Gasteiger partial charge in [-0.05, 0) is 24.6 Å². The van der Waals surface area contributed by atoms with Gasteiger partial charge in [0.2, 0.25) is 5.75 Å². The number of ether oxygens (including phenoxy) is 1. The molecule has 2 rings (SSSR count). The van der Waals surface area contributed by atoms with Gasteiger partial charge in [0.25, 0.3) is 0 Å². The number of pyridine rings is 1. The lowest BCUT2D eigenvalue weighted by Crippen LogP contribution is -1.96. The van der Waals surface area contributed by atoms with Gasteiger partial charge in [0.05, 0.1) is 4.92 Å². The average Bonchev–Trinajstić information content (AvgIpc) is 2.38. The molecule has 1 N–H and O–H groups in total. The van der Waals surface area contributed by atoms with Gasteiger partial charge in [-0.1, -0.05) is 6.07 Å². The SMILES string of the molecule is CNc1cc(Oc2cc(C)ccc2[N+](=O)[O-])ccn1. The van der Waals surface area contributed by atoms with E-state index in [1.54, 1.807) is 37.5 Å². The van der Waals surface area contributed by atoms with Crippen molar-refractivity contribution in [3.8, 4) is 11.5 Å². The van der Waals surface area contributed by atoms with E-state index in [1.165, 1.54) is 6.07 Å². The number of nitro groups is 1. The lowest BCUT2D eigenvalue weighted by Gasteiger charge is -2.08. The molecule has 0 amide bonds. The summed E-state index contributed by atoms with van der Waals surface area (Å²) in [7, 11) is 1.74. The molecule has 1 aromatic heterocycles. The van der Waals surface area contributed by atoms with Crippen LogP contribution in [0.25, 0.3) is 0 Å². The molecule has 0 saturated carbocycles. The fraction of sp³-hybridized carbons (Fsp3) is 0.154. The first-order valence-electron chi connectivity index (χ1n) is 5.67. The third-order valence-corrected chi connectivity index (χ3v) is 2.53. The molecule has 19 heavy (non-hydrogen) atoms. The van der Waals surface area contributed by atoms with E-state index >= 15 is 0 Å². The minimum Gasteiger partial charge on any atom is -0.450 e. The van der Waals surface area contributed by atoms with Gasteiger partial charge in [-0.25, -0.2) is 4.98 Å². The van der Waals surface area contributed by atoms with Crippen molar-refractivity contribution in [3.05, 3.63) is 52.2 Å². The molecule has 98 valence electrons. The number of hydrogen-bond acceptors (Lipinski definition) is 5. The number of anilines is 1. The Balaban J connectivity index is 2.36. The van der Waals surface area contributed by atoms with Crippen LogP contribution >= 0.6 is 0 Å². The van der Waals surface area contributed by atoms with Crippen molar-refractivity contribution in [2.45, 2.75) is 6.92 Å². The molecule has 0 spiro atoms. The summed E-state index contributed by atoms with van der Waals surface area (Å²) in [6.07, 6.45) is 1.57. The Bertz CT molecular complexity index is 614. The van der Waals surface area contributed by atoms with Crippen LogP contribution in [0.4, 0.5) is 11.5 Å². The van der Waals surface area contributed by atoms with Crippen molar-refractivity contribution in [1.29, 1.82) is 0 Å². The Labute approximate surface area is 110 Å². The molecule has 0 radical (unpaired) electrons. The highest BCUT2D eigenvalue weighted by Crippen LogP contribution is 2.32. The molecule has 0 unspecified atom stereocenters. The number of aryl methyl sites for hydroxylation is 1. The summed E-state index contributed by atoms with van der Waals surface area (Å²) in [6.45, 7) is 1.85. The maximum absolute atomic E-state index is 10.9. The number of nitrogens with zero attached hydrogens (tertiary/aromatic N) is 2. The molecule has 6 heteroatoms. The third kappa shape index (κ3) is 2.98. The number of nitrogens with one attached hydrogen (secondary N) is 1. The Morgan fingerprint density at radius 1 is 1.32 bits per heavy atom. The first-order chi connectivity index (χ1) is 9.10. The Morgan fingerprint density at radius 3 is 2.79 bits per heavy atom. The largest absolute Gasteiger partial charge is 0.450 e. The molecule has 1 heterocycles. The van der Waals surface area contributed by atoms with Crippen molar-refractivity contribution < 1.29 is 9.66 Å². The van der Waals surface area contributed by atoms with E-state index in [1.807, 2.05) is 6.92 Å². The Kier molecular flexibility index (Phi) is 3.61. The highest BCUT2D eigenvalue weighted by atomic mass is 16.6. The molecule has 0 aliphatic carbocycles. The number of rotatable bonds is 4. The highest BCUT2D eigenvalue weighted by Gasteiger charge is 2.15. The smallest absolute Gasteiger partial charge is 0.311 e. The summed E-state index contributed by atoms with van der Waals surface area (Å²) in [5, 5.41) is 13.8. The van der Waals surface area contributed by atoms with Crippen molar-refractivity contribution >= 4 is 11.5 Å². The Hall–Kier alpha value is -2.63. The highest BCUT2D eigenvalue weighted by molar-refractivity contribution is 5.51. The lowest BCUT2D eigenvalue weighted by molar-refractivity contribution is -0.385. The Morgan fingerprint density at radius 2 is 2.11 bits per heavy atom. The van der Waals surface area contributed by atoms with Crippen LogP contribution in [0.5, 0.6) is 11.5 Å². The van der Waals surface area contributed by atoms with E-state index in [4.69, 9.17) is 4.74 Å². The van der Waals surface area contributed by atoms with Crippen LogP contribution in [-0.2, 0) is 0 Å².